The van der Waals surface area contributed by atoms with Gasteiger partial charge >= 0.3 is 6.09 Å². The van der Waals surface area contributed by atoms with Gasteiger partial charge in [0.25, 0.3) is 0 Å². The number of rotatable bonds is 6. The van der Waals surface area contributed by atoms with E-state index in [2.05, 4.69) is 4.90 Å². The zero-order valence-corrected chi connectivity index (χ0v) is 15.0. The molecule has 0 spiro atoms. The molecule has 1 heterocycles. The van der Waals surface area contributed by atoms with Gasteiger partial charge in [-0.05, 0) is 56.5 Å². The largest absolute Gasteiger partial charge is 0.446 e. The number of likely N-dealkylation sites (tertiary alicyclic amines) is 1. The minimum Gasteiger partial charge on any atom is -0.446 e. The molecule has 26 heavy (non-hydrogen) atoms. The Morgan fingerprint density at radius 2 is 1.88 bits per heavy atom. The molecule has 3 atom stereocenters. The summed E-state index contributed by atoms with van der Waals surface area (Å²) in [5, 5.41) is 0. The second kappa shape index (κ2) is 8.62. The maximum absolute atomic E-state index is 13.0. The second-order valence-electron chi connectivity index (χ2n) is 7.35. The number of hydrogen-bond acceptors (Lipinski definition) is 4. The van der Waals surface area contributed by atoms with Crippen LogP contribution in [0.4, 0.5) is 9.18 Å². The van der Waals surface area contributed by atoms with Gasteiger partial charge in [0.05, 0.1) is 0 Å². The molecule has 1 saturated heterocycles. The molecule has 2 N–H and O–H groups in total. The zero-order valence-electron chi connectivity index (χ0n) is 15.0. The van der Waals surface area contributed by atoms with Gasteiger partial charge in [0, 0.05) is 30.5 Å². The van der Waals surface area contributed by atoms with Crippen molar-refractivity contribution in [1.29, 1.82) is 0 Å². The van der Waals surface area contributed by atoms with Crippen molar-refractivity contribution in [3.8, 4) is 0 Å². The second-order valence-corrected chi connectivity index (χ2v) is 7.35. The van der Waals surface area contributed by atoms with Crippen LogP contribution in [-0.4, -0.2) is 42.0 Å². The predicted molar refractivity (Wildman–Crippen MR) is 96.4 cm³/mol. The summed E-state index contributed by atoms with van der Waals surface area (Å²) < 4.78 is 18.3. The van der Waals surface area contributed by atoms with Crippen molar-refractivity contribution >= 4 is 11.9 Å². The van der Waals surface area contributed by atoms with Crippen LogP contribution in [0.2, 0.25) is 0 Å². The highest BCUT2D eigenvalue weighted by atomic mass is 19.1. The van der Waals surface area contributed by atoms with Crippen molar-refractivity contribution in [3.05, 3.63) is 35.6 Å². The number of fused-ring (bicyclic) bond motifs is 1. The zero-order chi connectivity index (χ0) is 18.5. The molecule has 5 nitrogen and oxygen atoms in total. The quantitative estimate of drug-likeness (QED) is 0.786. The standard InChI is InChI=1S/C20H27FN2O3/c21-15-9-7-14(8-10-15)18(24)6-3-12-23-13-11-19(26-20(22)25)16-4-1-2-5-17(16)23/h7-10,16-17,19H,1-6,11-13H2,(H2,22,25)/t16-,17+,19+/m0/s1. The van der Waals surface area contributed by atoms with Crippen molar-refractivity contribution in [3.63, 3.8) is 0 Å². The summed E-state index contributed by atoms with van der Waals surface area (Å²) in [6.07, 6.45) is 5.81. The number of amides is 1. The molecule has 3 rings (SSSR count). The molecule has 1 amide bonds. The summed E-state index contributed by atoms with van der Waals surface area (Å²) in [5.74, 6) is 0.0703. The number of carbonyl (C=O) groups is 2. The first kappa shape index (κ1) is 18.8. The number of ether oxygens (including phenoxy) is 1. The summed E-state index contributed by atoms with van der Waals surface area (Å²) in [6.45, 7) is 1.72. The molecule has 1 saturated carbocycles. The first-order chi connectivity index (χ1) is 12.5. The maximum Gasteiger partial charge on any atom is 0.404 e. The molecule has 0 unspecified atom stereocenters. The van der Waals surface area contributed by atoms with Gasteiger partial charge in [0.1, 0.15) is 11.9 Å². The van der Waals surface area contributed by atoms with Gasteiger partial charge in [-0.1, -0.05) is 12.8 Å². The Bertz CT molecular complexity index is 634. The molecule has 2 fully saturated rings. The monoisotopic (exact) mass is 362 g/mol. The van der Waals surface area contributed by atoms with Gasteiger partial charge in [-0.15, -0.1) is 0 Å². The lowest BCUT2D eigenvalue weighted by Gasteiger charge is -2.47. The van der Waals surface area contributed by atoms with Gasteiger partial charge in [-0.25, -0.2) is 9.18 Å². The van der Waals surface area contributed by atoms with Crippen LogP contribution < -0.4 is 5.73 Å². The molecule has 1 aliphatic heterocycles. The average Bonchev–Trinajstić information content (AvgIpc) is 2.63. The van der Waals surface area contributed by atoms with Crippen molar-refractivity contribution in [2.24, 2.45) is 11.7 Å². The molecule has 1 aliphatic carbocycles. The fraction of sp³-hybridized carbons (Fsp3) is 0.600. The number of nitrogens with zero attached hydrogens (tertiary/aromatic N) is 1. The highest BCUT2D eigenvalue weighted by Crippen LogP contribution is 2.37. The first-order valence-electron chi connectivity index (χ1n) is 9.53. The van der Waals surface area contributed by atoms with Crippen molar-refractivity contribution in [2.45, 2.75) is 57.1 Å². The molecule has 0 bridgehead atoms. The van der Waals surface area contributed by atoms with Gasteiger partial charge in [-0.2, -0.15) is 0 Å². The lowest BCUT2D eigenvalue weighted by atomic mass is 9.76. The average molecular weight is 362 g/mol. The van der Waals surface area contributed by atoms with Gasteiger partial charge < -0.3 is 10.5 Å². The SMILES string of the molecule is NC(=O)O[C@@H]1CCN(CCCC(=O)c2ccc(F)cc2)[C@@H]2CCCC[C@@H]21. The Morgan fingerprint density at radius 3 is 2.62 bits per heavy atom. The highest BCUT2D eigenvalue weighted by molar-refractivity contribution is 5.95. The summed E-state index contributed by atoms with van der Waals surface area (Å²) in [4.78, 5) is 25.8. The van der Waals surface area contributed by atoms with Crippen molar-refractivity contribution < 1.29 is 18.7 Å². The summed E-state index contributed by atoms with van der Waals surface area (Å²) >= 11 is 0. The van der Waals surface area contributed by atoms with Crippen molar-refractivity contribution in [1.82, 2.24) is 4.90 Å². The van der Waals surface area contributed by atoms with E-state index in [0.29, 0.717) is 23.9 Å². The van der Waals surface area contributed by atoms with Crippen LogP contribution in [0.25, 0.3) is 0 Å². The number of primary amides is 1. The summed E-state index contributed by atoms with van der Waals surface area (Å²) in [5.41, 5.74) is 5.79. The number of ketones is 1. The number of benzene rings is 1. The van der Waals surface area contributed by atoms with Gasteiger partial charge in [0.2, 0.25) is 0 Å². The lowest BCUT2D eigenvalue weighted by Crippen LogP contribution is -2.54. The minimum atomic E-state index is -0.683. The third-order valence-corrected chi connectivity index (χ3v) is 5.71. The Morgan fingerprint density at radius 1 is 1.15 bits per heavy atom. The molecular weight excluding hydrogens is 335 g/mol. The van der Waals surface area contributed by atoms with E-state index in [9.17, 15) is 14.0 Å². The fourth-order valence-corrected chi connectivity index (χ4v) is 4.50. The minimum absolute atomic E-state index is 0.0529. The van der Waals surface area contributed by atoms with Gasteiger partial charge in [-0.3, -0.25) is 9.69 Å². The Hall–Kier alpha value is -1.95. The smallest absolute Gasteiger partial charge is 0.404 e. The number of nitrogens with two attached hydrogens (primary N) is 1. The third kappa shape index (κ3) is 4.61. The van der Waals surface area contributed by atoms with E-state index in [-0.39, 0.29) is 17.7 Å². The molecule has 2 aliphatic rings. The van der Waals surface area contributed by atoms with E-state index < -0.39 is 6.09 Å². The predicted octanol–water partition coefficient (Wildman–Crippen LogP) is 3.52. The van der Waals surface area contributed by atoms with E-state index in [4.69, 9.17) is 10.5 Å². The van der Waals surface area contributed by atoms with Crippen LogP contribution in [-0.2, 0) is 4.74 Å². The van der Waals surface area contributed by atoms with E-state index in [1.165, 1.54) is 18.6 Å². The summed E-state index contributed by atoms with van der Waals surface area (Å²) in [6, 6.07) is 6.14. The van der Waals surface area contributed by atoms with Crippen LogP contribution in [0, 0.1) is 11.7 Å². The highest BCUT2D eigenvalue weighted by Gasteiger charge is 2.40. The lowest BCUT2D eigenvalue weighted by molar-refractivity contribution is -0.0416. The van der Waals surface area contributed by atoms with Crippen LogP contribution in [0.15, 0.2) is 24.3 Å². The molecular formula is C20H27FN2O3. The Kier molecular flexibility index (Phi) is 6.25. The number of carbonyl (C=O) groups excluding carboxylic acids is 2. The Labute approximate surface area is 153 Å². The number of halogens is 1. The topological polar surface area (TPSA) is 72.6 Å². The normalized spacial score (nSPS) is 26.1. The first-order valence-corrected chi connectivity index (χ1v) is 9.53. The fourth-order valence-electron chi connectivity index (χ4n) is 4.50. The van der Waals surface area contributed by atoms with Crippen LogP contribution >= 0.6 is 0 Å². The van der Waals surface area contributed by atoms with Crippen LogP contribution in [0.3, 0.4) is 0 Å². The van der Waals surface area contributed by atoms with Crippen molar-refractivity contribution in [2.75, 3.05) is 13.1 Å². The molecule has 1 aromatic carbocycles. The number of hydrogen-bond donors (Lipinski definition) is 1. The van der Waals surface area contributed by atoms with Crippen LogP contribution in [0.1, 0.15) is 55.3 Å². The number of Topliss-reactive ketones (excluding diaryl/α,β-unsaturated/α-hetero) is 1. The van der Waals surface area contributed by atoms with Gasteiger partial charge in [0.15, 0.2) is 5.78 Å². The molecule has 1 aromatic rings. The molecule has 0 radical (unpaired) electrons. The van der Waals surface area contributed by atoms with E-state index in [0.717, 1.165) is 45.2 Å². The van der Waals surface area contributed by atoms with E-state index in [1.807, 2.05) is 0 Å². The molecule has 0 aromatic heterocycles. The van der Waals surface area contributed by atoms with Crippen LogP contribution in [0.5, 0.6) is 0 Å². The molecule has 142 valence electrons. The molecule has 6 heteroatoms. The van der Waals surface area contributed by atoms with E-state index >= 15 is 0 Å². The van der Waals surface area contributed by atoms with E-state index in [1.54, 1.807) is 12.1 Å². The number of piperidine rings is 1. The summed E-state index contributed by atoms with van der Waals surface area (Å²) in [7, 11) is 0. The third-order valence-electron chi connectivity index (χ3n) is 5.71. The Balaban J connectivity index is 1.52. The maximum atomic E-state index is 13.0.